The summed E-state index contributed by atoms with van der Waals surface area (Å²) in [6.07, 6.45) is -2.17. The minimum absolute atomic E-state index is 0.0164. The van der Waals surface area contributed by atoms with E-state index in [0.717, 1.165) is 18.2 Å². The molecule has 0 aromatic heterocycles. The molecule has 0 aliphatic carbocycles. The third-order valence-electron chi connectivity index (χ3n) is 3.18. The van der Waals surface area contributed by atoms with Gasteiger partial charge in [0.25, 0.3) is 0 Å². The van der Waals surface area contributed by atoms with Crippen LogP contribution in [0.1, 0.15) is 18.1 Å². The molecule has 4 nitrogen and oxygen atoms in total. The van der Waals surface area contributed by atoms with Gasteiger partial charge in [0, 0.05) is 23.7 Å². The van der Waals surface area contributed by atoms with Crippen molar-refractivity contribution in [2.75, 3.05) is 10.6 Å². The highest BCUT2D eigenvalue weighted by Crippen LogP contribution is 2.36. The monoisotopic (exact) mass is 382 g/mol. The van der Waals surface area contributed by atoms with Gasteiger partial charge in [-0.25, -0.2) is 0 Å². The minimum atomic E-state index is -4.70. The maximum absolute atomic E-state index is 13.2. The lowest BCUT2D eigenvalue weighted by Crippen LogP contribution is -2.16. The van der Waals surface area contributed by atoms with Gasteiger partial charge in [-0.2, -0.15) is 13.2 Å². The van der Waals surface area contributed by atoms with Crippen LogP contribution in [0.25, 0.3) is 6.08 Å². The summed E-state index contributed by atoms with van der Waals surface area (Å²) in [5.41, 5.74) is -0.859. The molecule has 0 spiro atoms. The fourth-order valence-corrected chi connectivity index (χ4v) is 2.32. The lowest BCUT2D eigenvalue weighted by atomic mass is 10.1. The summed E-state index contributed by atoms with van der Waals surface area (Å²) in [7, 11) is 0. The molecule has 0 fully saturated rings. The first-order valence-electron chi connectivity index (χ1n) is 7.38. The fourth-order valence-electron chi connectivity index (χ4n) is 2.13. The second-order valence-corrected chi connectivity index (χ2v) is 5.75. The minimum Gasteiger partial charge on any atom is -0.326 e. The van der Waals surface area contributed by atoms with Crippen molar-refractivity contribution >= 4 is 40.9 Å². The van der Waals surface area contributed by atoms with Crippen LogP contribution in [0.15, 0.2) is 48.5 Å². The van der Waals surface area contributed by atoms with E-state index >= 15 is 0 Å². The molecule has 0 saturated heterocycles. The summed E-state index contributed by atoms with van der Waals surface area (Å²) in [6, 6.07) is 9.76. The Morgan fingerprint density at radius 1 is 1.08 bits per heavy atom. The van der Waals surface area contributed by atoms with Gasteiger partial charge in [0.15, 0.2) is 0 Å². The summed E-state index contributed by atoms with van der Waals surface area (Å²) >= 11 is 5.82. The summed E-state index contributed by atoms with van der Waals surface area (Å²) < 4.78 is 39.6. The van der Waals surface area contributed by atoms with Crippen molar-refractivity contribution in [3.63, 3.8) is 0 Å². The highest BCUT2D eigenvalue weighted by Gasteiger charge is 2.34. The normalized spacial score (nSPS) is 11.4. The predicted octanol–water partition coefficient (Wildman–Crippen LogP) is 4.97. The second kappa shape index (κ2) is 8.05. The van der Waals surface area contributed by atoms with Crippen molar-refractivity contribution in [1.29, 1.82) is 0 Å². The maximum atomic E-state index is 13.2. The Labute approximate surface area is 152 Å². The number of halogens is 4. The number of anilines is 2. The Hall–Kier alpha value is -2.80. The highest BCUT2D eigenvalue weighted by molar-refractivity contribution is 6.30. The SMILES string of the molecule is CC(=O)Nc1ccc(NC(=O)/C=C/c2cccc(Cl)c2)c(C(F)(F)F)c1. The Morgan fingerprint density at radius 3 is 2.42 bits per heavy atom. The average molecular weight is 383 g/mol. The summed E-state index contributed by atoms with van der Waals surface area (Å²) in [5.74, 6) is -1.23. The molecule has 136 valence electrons. The van der Waals surface area contributed by atoms with E-state index in [1.165, 1.54) is 19.1 Å². The summed E-state index contributed by atoms with van der Waals surface area (Å²) in [6.45, 7) is 1.18. The zero-order valence-electron chi connectivity index (χ0n) is 13.5. The average Bonchev–Trinajstić information content (AvgIpc) is 2.53. The number of alkyl halides is 3. The van der Waals surface area contributed by atoms with Gasteiger partial charge in [-0.1, -0.05) is 23.7 Å². The lowest BCUT2D eigenvalue weighted by molar-refractivity contribution is -0.137. The number of hydrogen-bond donors (Lipinski definition) is 2. The van der Waals surface area contributed by atoms with Crippen LogP contribution in [-0.4, -0.2) is 11.8 Å². The highest BCUT2D eigenvalue weighted by atomic mass is 35.5. The molecule has 0 heterocycles. The molecule has 2 aromatic carbocycles. The van der Waals surface area contributed by atoms with E-state index in [9.17, 15) is 22.8 Å². The van der Waals surface area contributed by atoms with Gasteiger partial charge in [0.1, 0.15) is 0 Å². The predicted molar refractivity (Wildman–Crippen MR) is 94.9 cm³/mol. The standard InChI is InChI=1S/C18H14ClF3N2O2/c1-11(25)23-14-6-7-16(15(10-14)18(20,21)22)24-17(26)8-5-12-3-2-4-13(19)9-12/h2-10H,1H3,(H,23,25)(H,24,26)/b8-5+. The van der Waals surface area contributed by atoms with E-state index in [2.05, 4.69) is 10.6 Å². The first kappa shape index (κ1) is 19.5. The molecule has 0 saturated carbocycles. The van der Waals surface area contributed by atoms with E-state index in [4.69, 9.17) is 11.6 Å². The molecule has 0 radical (unpaired) electrons. The zero-order chi connectivity index (χ0) is 19.3. The number of carbonyl (C=O) groups excluding carboxylic acids is 2. The van der Waals surface area contributed by atoms with Crippen LogP contribution in [0.5, 0.6) is 0 Å². The first-order chi connectivity index (χ1) is 12.1. The van der Waals surface area contributed by atoms with E-state index in [1.807, 2.05) is 0 Å². The van der Waals surface area contributed by atoms with E-state index in [1.54, 1.807) is 24.3 Å². The number of rotatable bonds is 4. The van der Waals surface area contributed by atoms with Crippen molar-refractivity contribution in [2.24, 2.45) is 0 Å². The Kier molecular flexibility index (Phi) is 6.05. The van der Waals surface area contributed by atoms with Gasteiger partial charge >= 0.3 is 6.18 Å². The Bertz CT molecular complexity index is 864. The zero-order valence-corrected chi connectivity index (χ0v) is 14.3. The van der Waals surface area contributed by atoms with Crippen molar-refractivity contribution in [3.8, 4) is 0 Å². The molecule has 0 aliphatic heterocycles. The van der Waals surface area contributed by atoms with E-state index < -0.39 is 29.2 Å². The van der Waals surface area contributed by atoms with Gasteiger partial charge in [0.05, 0.1) is 11.3 Å². The number of carbonyl (C=O) groups is 2. The van der Waals surface area contributed by atoms with Crippen molar-refractivity contribution < 1.29 is 22.8 Å². The van der Waals surface area contributed by atoms with Crippen LogP contribution in [0.2, 0.25) is 5.02 Å². The van der Waals surface area contributed by atoms with Gasteiger partial charge in [-0.3, -0.25) is 9.59 Å². The van der Waals surface area contributed by atoms with Gasteiger partial charge in [-0.15, -0.1) is 0 Å². The number of nitrogens with one attached hydrogen (secondary N) is 2. The van der Waals surface area contributed by atoms with E-state index in [0.29, 0.717) is 10.6 Å². The Morgan fingerprint density at radius 2 is 1.81 bits per heavy atom. The van der Waals surface area contributed by atoms with Crippen molar-refractivity contribution in [2.45, 2.75) is 13.1 Å². The molecular weight excluding hydrogens is 369 g/mol. The van der Waals surface area contributed by atoms with Gasteiger partial charge < -0.3 is 10.6 Å². The molecule has 0 unspecified atom stereocenters. The van der Waals surface area contributed by atoms with E-state index in [-0.39, 0.29) is 5.69 Å². The topological polar surface area (TPSA) is 58.2 Å². The lowest BCUT2D eigenvalue weighted by Gasteiger charge is -2.15. The van der Waals surface area contributed by atoms with Gasteiger partial charge in [0.2, 0.25) is 11.8 Å². The number of hydrogen-bond acceptors (Lipinski definition) is 2. The van der Waals surface area contributed by atoms with Crippen molar-refractivity contribution in [1.82, 2.24) is 0 Å². The van der Waals surface area contributed by atoms with Gasteiger partial charge in [-0.05, 0) is 42.0 Å². The quantitative estimate of drug-likeness (QED) is 0.733. The molecule has 2 N–H and O–H groups in total. The molecule has 2 amide bonds. The maximum Gasteiger partial charge on any atom is 0.418 e. The molecule has 26 heavy (non-hydrogen) atoms. The van der Waals surface area contributed by atoms with Crippen molar-refractivity contribution in [3.05, 3.63) is 64.7 Å². The van der Waals surface area contributed by atoms with Crippen LogP contribution in [0, 0.1) is 0 Å². The molecule has 0 atom stereocenters. The van der Waals surface area contributed by atoms with Crippen LogP contribution in [0.4, 0.5) is 24.5 Å². The third-order valence-corrected chi connectivity index (χ3v) is 3.41. The van der Waals surface area contributed by atoms with Crippen LogP contribution >= 0.6 is 11.6 Å². The summed E-state index contributed by atoms with van der Waals surface area (Å²) in [5, 5.41) is 4.94. The third kappa shape index (κ3) is 5.63. The van der Waals surface area contributed by atoms with Crippen LogP contribution in [0.3, 0.4) is 0 Å². The van der Waals surface area contributed by atoms with Crippen LogP contribution < -0.4 is 10.6 Å². The van der Waals surface area contributed by atoms with Crippen LogP contribution in [-0.2, 0) is 15.8 Å². The number of amides is 2. The summed E-state index contributed by atoms with van der Waals surface area (Å²) in [4.78, 5) is 22.9. The largest absolute Gasteiger partial charge is 0.418 e. The first-order valence-corrected chi connectivity index (χ1v) is 7.76. The fraction of sp³-hybridized carbons (Fsp3) is 0.111. The second-order valence-electron chi connectivity index (χ2n) is 5.32. The molecule has 2 aromatic rings. The number of benzene rings is 2. The smallest absolute Gasteiger partial charge is 0.326 e. The molecule has 2 rings (SSSR count). The Balaban J connectivity index is 2.22. The molecular formula is C18H14ClF3N2O2. The molecule has 8 heteroatoms. The molecule has 0 bridgehead atoms. The molecule has 0 aliphatic rings.